The third-order valence-corrected chi connectivity index (χ3v) is 6.74. The number of methoxy groups -OCH3 is 2. The molecule has 0 bridgehead atoms. The van der Waals surface area contributed by atoms with Gasteiger partial charge < -0.3 is 14.6 Å². The van der Waals surface area contributed by atoms with Gasteiger partial charge in [-0.3, -0.25) is 14.5 Å². The fourth-order valence-corrected chi connectivity index (χ4v) is 4.80. The summed E-state index contributed by atoms with van der Waals surface area (Å²) >= 11 is 6.89. The molecule has 1 N–H and O–H groups in total. The number of aliphatic hydroxyl groups is 1. The van der Waals surface area contributed by atoms with Crippen LogP contribution in [0, 0.1) is 6.92 Å². The molecule has 0 aliphatic carbocycles. The molecule has 0 saturated carbocycles. The van der Waals surface area contributed by atoms with Crippen LogP contribution in [0.2, 0.25) is 5.02 Å². The topological polar surface area (TPSA) is 106 Å². The summed E-state index contributed by atoms with van der Waals surface area (Å²) in [4.78, 5) is 44.3. The van der Waals surface area contributed by atoms with Gasteiger partial charge in [-0.2, -0.15) is 0 Å². The maximum absolute atomic E-state index is 13.2. The second kappa shape index (κ2) is 9.28. The molecule has 1 aliphatic rings. The summed E-state index contributed by atoms with van der Waals surface area (Å²) in [5.41, 5.74) is 1.12. The van der Waals surface area contributed by atoms with Crippen LogP contribution >= 0.6 is 22.9 Å². The SMILES string of the molecule is COC(=O)c1sc(N2C(=O)C(=O)/C(=C(\O)c3ccc(Cl)cc3)C2c2ccc(OC)cc2)nc1C. The Labute approximate surface area is 204 Å². The third kappa shape index (κ3) is 4.04. The van der Waals surface area contributed by atoms with E-state index in [4.69, 9.17) is 21.1 Å². The number of ketones is 1. The number of carbonyl (C=O) groups excluding carboxylic acids is 3. The fourth-order valence-electron chi connectivity index (χ4n) is 3.66. The van der Waals surface area contributed by atoms with Gasteiger partial charge in [0.25, 0.3) is 5.78 Å². The number of hydrogen-bond acceptors (Lipinski definition) is 8. The number of nitrogens with zero attached hydrogens (tertiary/aromatic N) is 2. The van der Waals surface area contributed by atoms with Crippen molar-refractivity contribution in [3.05, 3.63) is 80.8 Å². The summed E-state index contributed by atoms with van der Waals surface area (Å²) in [7, 11) is 2.77. The number of Topliss-reactive ketones (excluding diaryl/α,β-unsaturated/α-hetero) is 1. The minimum atomic E-state index is -0.988. The Morgan fingerprint density at radius 2 is 1.74 bits per heavy atom. The number of aliphatic hydroxyl groups excluding tert-OH is 1. The lowest BCUT2D eigenvalue weighted by Gasteiger charge is -2.23. The van der Waals surface area contributed by atoms with Crippen molar-refractivity contribution < 1.29 is 29.0 Å². The number of thiazole rings is 1. The first kappa shape index (κ1) is 23.5. The number of carbonyl (C=O) groups is 3. The Balaban J connectivity index is 1.92. The van der Waals surface area contributed by atoms with Crippen LogP contribution in [0.3, 0.4) is 0 Å². The first-order chi connectivity index (χ1) is 16.3. The van der Waals surface area contributed by atoms with Crippen LogP contribution in [0.5, 0.6) is 5.75 Å². The Kier molecular flexibility index (Phi) is 6.41. The van der Waals surface area contributed by atoms with Crippen LogP contribution in [0.4, 0.5) is 5.13 Å². The zero-order chi connectivity index (χ0) is 24.6. The van der Waals surface area contributed by atoms with Crippen LogP contribution in [0.15, 0.2) is 54.1 Å². The van der Waals surface area contributed by atoms with Gasteiger partial charge in [-0.15, -0.1) is 0 Å². The summed E-state index contributed by atoms with van der Waals surface area (Å²) in [6.45, 7) is 1.61. The second-order valence-electron chi connectivity index (χ2n) is 7.35. The third-order valence-electron chi connectivity index (χ3n) is 5.36. The molecule has 1 unspecified atom stereocenters. The van der Waals surface area contributed by atoms with Gasteiger partial charge in [0.15, 0.2) is 5.13 Å². The van der Waals surface area contributed by atoms with E-state index in [2.05, 4.69) is 4.98 Å². The maximum atomic E-state index is 13.2. The first-order valence-corrected chi connectivity index (χ1v) is 11.2. The molecule has 1 fully saturated rings. The standard InChI is InChI=1S/C24H19ClN2O6S/c1-12-21(23(31)33-3)34-24(26-12)27-18(13-6-10-16(32-2)11-7-13)17(20(29)22(27)30)19(28)14-4-8-15(25)9-5-14/h4-11,18,28H,1-3H3/b19-17-. The van der Waals surface area contributed by atoms with Crippen molar-refractivity contribution in [3.8, 4) is 5.75 Å². The van der Waals surface area contributed by atoms with E-state index in [1.165, 1.54) is 19.1 Å². The van der Waals surface area contributed by atoms with Gasteiger partial charge in [0.05, 0.1) is 31.5 Å². The molecular weight excluding hydrogens is 480 g/mol. The summed E-state index contributed by atoms with van der Waals surface area (Å²) in [6.07, 6.45) is 0. The highest BCUT2D eigenvalue weighted by molar-refractivity contribution is 7.17. The Hall–Kier alpha value is -3.69. The molecule has 10 heteroatoms. The highest BCUT2D eigenvalue weighted by Gasteiger charge is 2.48. The quantitative estimate of drug-likeness (QED) is 0.238. The molecule has 2 heterocycles. The Bertz CT molecular complexity index is 1310. The van der Waals surface area contributed by atoms with Gasteiger partial charge in [-0.1, -0.05) is 35.1 Å². The van der Waals surface area contributed by atoms with Crippen LogP contribution < -0.4 is 9.64 Å². The smallest absolute Gasteiger partial charge is 0.350 e. The maximum Gasteiger partial charge on any atom is 0.350 e. The lowest BCUT2D eigenvalue weighted by atomic mass is 9.95. The zero-order valence-electron chi connectivity index (χ0n) is 18.4. The van der Waals surface area contributed by atoms with Crippen molar-refractivity contribution >= 4 is 51.5 Å². The van der Waals surface area contributed by atoms with E-state index >= 15 is 0 Å². The number of amides is 1. The number of hydrogen-bond donors (Lipinski definition) is 1. The minimum Gasteiger partial charge on any atom is -0.507 e. The number of aromatic nitrogens is 1. The Morgan fingerprint density at radius 3 is 2.32 bits per heavy atom. The number of halogens is 1. The van der Waals surface area contributed by atoms with Crippen molar-refractivity contribution in [2.45, 2.75) is 13.0 Å². The van der Waals surface area contributed by atoms with Gasteiger partial charge in [-0.25, -0.2) is 9.78 Å². The van der Waals surface area contributed by atoms with Crippen LogP contribution in [0.25, 0.3) is 5.76 Å². The van der Waals surface area contributed by atoms with Crippen molar-refractivity contribution in [2.75, 3.05) is 19.1 Å². The molecule has 2 aromatic carbocycles. The molecule has 34 heavy (non-hydrogen) atoms. The number of aryl methyl sites for hydroxylation is 1. The van der Waals surface area contributed by atoms with E-state index in [0.717, 1.165) is 11.3 Å². The van der Waals surface area contributed by atoms with E-state index in [-0.39, 0.29) is 21.3 Å². The molecule has 1 atom stereocenters. The van der Waals surface area contributed by atoms with Gasteiger partial charge in [0.2, 0.25) is 0 Å². The lowest BCUT2D eigenvalue weighted by molar-refractivity contribution is -0.132. The molecule has 174 valence electrons. The van der Waals surface area contributed by atoms with E-state index in [9.17, 15) is 19.5 Å². The summed E-state index contributed by atoms with van der Waals surface area (Å²) < 4.78 is 10.0. The van der Waals surface area contributed by atoms with E-state index in [1.54, 1.807) is 55.5 Å². The molecule has 1 aromatic heterocycles. The molecule has 1 saturated heterocycles. The molecule has 3 aromatic rings. The van der Waals surface area contributed by atoms with Gasteiger partial charge in [0.1, 0.15) is 16.4 Å². The fraction of sp³-hybridized carbons (Fsp3) is 0.167. The first-order valence-electron chi connectivity index (χ1n) is 10.0. The minimum absolute atomic E-state index is 0.107. The molecule has 1 amide bonds. The average molecular weight is 499 g/mol. The molecule has 4 rings (SSSR count). The number of ether oxygens (including phenoxy) is 2. The second-order valence-corrected chi connectivity index (χ2v) is 8.77. The number of benzene rings is 2. The van der Waals surface area contributed by atoms with Crippen LogP contribution in [-0.2, 0) is 14.3 Å². The van der Waals surface area contributed by atoms with Gasteiger partial charge in [0, 0.05) is 10.6 Å². The monoisotopic (exact) mass is 498 g/mol. The number of anilines is 1. The summed E-state index contributed by atoms with van der Waals surface area (Å²) in [5.74, 6) is -2.11. The van der Waals surface area contributed by atoms with Crippen molar-refractivity contribution in [2.24, 2.45) is 0 Å². The Morgan fingerprint density at radius 1 is 1.09 bits per heavy atom. The highest BCUT2D eigenvalue weighted by Crippen LogP contribution is 2.44. The normalized spacial score (nSPS) is 17.2. The zero-order valence-corrected chi connectivity index (χ0v) is 19.9. The van der Waals surface area contributed by atoms with Crippen LogP contribution in [0.1, 0.15) is 32.5 Å². The number of rotatable bonds is 5. The van der Waals surface area contributed by atoms with E-state index in [0.29, 0.717) is 27.6 Å². The molecule has 0 spiro atoms. The summed E-state index contributed by atoms with van der Waals surface area (Å²) in [5, 5.41) is 11.7. The molecule has 1 aliphatic heterocycles. The number of esters is 1. The van der Waals surface area contributed by atoms with Gasteiger partial charge in [-0.05, 0) is 48.9 Å². The predicted molar refractivity (Wildman–Crippen MR) is 127 cm³/mol. The van der Waals surface area contributed by atoms with Crippen molar-refractivity contribution in [1.29, 1.82) is 0 Å². The van der Waals surface area contributed by atoms with Crippen molar-refractivity contribution in [1.82, 2.24) is 4.98 Å². The van der Waals surface area contributed by atoms with Crippen molar-refractivity contribution in [3.63, 3.8) is 0 Å². The molecular formula is C24H19ClN2O6S. The average Bonchev–Trinajstić information content (AvgIpc) is 3.35. The van der Waals surface area contributed by atoms with Crippen LogP contribution in [-0.4, -0.2) is 42.0 Å². The van der Waals surface area contributed by atoms with Gasteiger partial charge >= 0.3 is 11.9 Å². The van der Waals surface area contributed by atoms with E-state index < -0.39 is 23.7 Å². The largest absolute Gasteiger partial charge is 0.507 e. The summed E-state index contributed by atoms with van der Waals surface area (Å²) in [6, 6.07) is 12.0. The highest BCUT2D eigenvalue weighted by atomic mass is 35.5. The predicted octanol–water partition coefficient (Wildman–Crippen LogP) is 4.53. The lowest BCUT2D eigenvalue weighted by Crippen LogP contribution is -2.29. The molecule has 8 nitrogen and oxygen atoms in total. The molecule has 0 radical (unpaired) electrons. The van der Waals surface area contributed by atoms with E-state index in [1.807, 2.05) is 0 Å².